The Hall–Kier alpha value is -3.36. The number of carbonyl (C=O) groups is 2. The lowest BCUT2D eigenvalue weighted by Gasteiger charge is -2.36. The van der Waals surface area contributed by atoms with Gasteiger partial charge < -0.3 is 24.3 Å². The number of carbonyl (C=O) groups excluding carboxylic acids is 2. The molecule has 0 radical (unpaired) electrons. The van der Waals surface area contributed by atoms with Crippen LogP contribution in [0.4, 0.5) is 17.3 Å². The quantitative estimate of drug-likeness (QED) is 0.653. The van der Waals surface area contributed by atoms with Gasteiger partial charge in [-0.15, -0.1) is 10.2 Å². The van der Waals surface area contributed by atoms with Crippen LogP contribution in [0.1, 0.15) is 26.2 Å². The van der Waals surface area contributed by atoms with E-state index in [4.69, 9.17) is 4.74 Å². The Labute approximate surface area is 206 Å². The molecular formula is C26H34N6O3. The zero-order valence-electron chi connectivity index (χ0n) is 20.6. The number of anilines is 3. The lowest BCUT2D eigenvalue weighted by molar-refractivity contribution is -0.136. The third-order valence-electron chi connectivity index (χ3n) is 7.52. The largest absolute Gasteiger partial charge is 0.497 e. The molecule has 9 heteroatoms. The van der Waals surface area contributed by atoms with Gasteiger partial charge in [0.25, 0.3) is 0 Å². The molecule has 3 aliphatic heterocycles. The van der Waals surface area contributed by atoms with E-state index in [0.29, 0.717) is 32.7 Å². The van der Waals surface area contributed by atoms with Crippen LogP contribution < -0.4 is 19.4 Å². The first-order valence-corrected chi connectivity index (χ1v) is 12.6. The molecule has 0 spiro atoms. The first-order valence-electron chi connectivity index (χ1n) is 12.6. The van der Waals surface area contributed by atoms with Crippen LogP contribution >= 0.6 is 0 Å². The second kappa shape index (κ2) is 10.1. The van der Waals surface area contributed by atoms with Gasteiger partial charge >= 0.3 is 0 Å². The number of aromatic nitrogens is 2. The summed E-state index contributed by atoms with van der Waals surface area (Å²) in [6, 6.07) is 11.5. The van der Waals surface area contributed by atoms with Crippen LogP contribution in [0.25, 0.3) is 0 Å². The van der Waals surface area contributed by atoms with E-state index in [9.17, 15) is 9.59 Å². The van der Waals surface area contributed by atoms with Crippen LogP contribution in [-0.2, 0) is 9.59 Å². The van der Waals surface area contributed by atoms with Crippen LogP contribution in [-0.4, -0.2) is 79.8 Å². The zero-order chi connectivity index (χ0) is 24.4. The highest BCUT2D eigenvalue weighted by Gasteiger charge is 2.38. The number of hydrogen-bond donors (Lipinski definition) is 0. The SMILES string of the molecule is COc1ccc(N2CC(C(=O)N3CCN(c4ccc(N5CCC(C)CC5)nn4)CC3)CC2=O)cc1. The zero-order valence-corrected chi connectivity index (χ0v) is 20.6. The lowest BCUT2D eigenvalue weighted by atomic mass is 9.99. The van der Waals surface area contributed by atoms with Gasteiger partial charge in [0.1, 0.15) is 5.75 Å². The average molecular weight is 479 g/mol. The molecule has 0 saturated carbocycles. The van der Waals surface area contributed by atoms with Crippen molar-refractivity contribution in [3.63, 3.8) is 0 Å². The molecule has 35 heavy (non-hydrogen) atoms. The highest BCUT2D eigenvalue weighted by Crippen LogP contribution is 2.28. The van der Waals surface area contributed by atoms with Crippen molar-refractivity contribution < 1.29 is 14.3 Å². The molecule has 2 aromatic rings. The Balaban J connectivity index is 1.14. The lowest BCUT2D eigenvalue weighted by Crippen LogP contribution is -2.51. The number of piperazine rings is 1. The van der Waals surface area contributed by atoms with Crippen molar-refractivity contribution in [2.24, 2.45) is 11.8 Å². The van der Waals surface area contributed by atoms with E-state index in [2.05, 4.69) is 33.0 Å². The van der Waals surface area contributed by atoms with Crippen LogP contribution in [0.3, 0.4) is 0 Å². The molecule has 0 aliphatic carbocycles. The third kappa shape index (κ3) is 5.04. The summed E-state index contributed by atoms with van der Waals surface area (Å²) in [6.07, 6.45) is 2.65. The molecule has 1 atom stereocenters. The minimum Gasteiger partial charge on any atom is -0.497 e. The van der Waals surface area contributed by atoms with Gasteiger partial charge in [-0.05, 0) is 55.2 Å². The third-order valence-corrected chi connectivity index (χ3v) is 7.52. The maximum Gasteiger partial charge on any atom is 0.228 e. The highest BCUT2D eigenvalue weighted by atomic mass is 16.5. The molecule has 1 aromatic heterocycles. The molecule has 1 aromatic carbocycles. The number of nitrogens with zero attached hydrogens (tertiary/aromatic N) is 6. The van der Waals surface area contributed by atoms with Gasteiger partial charge in [0.05, 0.1) is 13.0 Å². The molecule has 9 nitrogen and oxygen atoms in total. The van der Waals surface area contributed by atoms with Crippen molar-refractivity contribution >= 4 is 29.1 Å². The molecule has 3 fully saturated rings. The van der Waals surface area contributed by atoms with Crippen LogP contribution in [0.15, 0.2) is 36.4 Å². The predicted molar refractivity (Wildman–Crippen MR) is 135 cm³/mol. The molecule has 186 valence electrons. The van der Waals surface area contributed by atoms with Crippen LogP contribution in [0.5, 0.6) is 5.75 Å². The number of piperidine rings is 1. The van der Waals surface area contributed by atoms with Gasteiger partial charge in [-0.25, -0.2) is 0 Å². The second-order valence-corrected chi connectivity index (χ2v) is 9.84. The smallest absolute Gasteiger partial charge is 0.228 e. The average Bonchev–Trinajstić information content (AvgIpc) is 3.30. The van der Waals surface area contributed by atoms with Crippen molar-refractivity contribution in [3.05, 3.63) is 36.4 Å². The van der Waals surface area contributed by atoms with Gasteiger partial charge in [-0.1, -0.05) is 6.92 Å². The van der Waals surface area contributed by atoms with Crippen molar-refractivity contribution in [1.29, 1.82) is 0 Å². The molecule has 5 rings (SSSR count). The monoisotopic (exact) mass is 478 g/mol. The van der Waals surface area contributed by atoms with E-state index >= 15 is 0 Å². The fraction of sp³-hybridized carbons (Fsp3) is 0.538. The van der Waals surface area contributed by atoms with Gasteiger partial charge in [0, 0.05) is 57.9 Å². The van der Waals surface area contributed by atoms with Gasteiger partial charge in [0.2, 0.25) is 11.8 Å². The number of rotatable bonds is 5. The van der Waals surface area contributed by atoms with E-state index in [1.807, 2.05) is 35.2 Å². The molecule has 1 unspecified atom stereocenters. The van der Waals surface area contributed by atoms with Gasteiger partial charge in [0.15, 0.2) is 11.6 Å². The molecular weight excluding hydrogens is 444 g/mol. The molecule has 0 N–H and O–H groups in total. The normalized spacial score (nSPS) is 21.5. The number of hydrogen-bond acceptors (Lipinski definition) is 7. The summed E-state index contributed by atoms with van der Waals surface area (Å²) in [5.74, 6) is 3.08. The van der Waals surface area contributed by atoms with E-state index in [1.54, 1.807) is 12.0 Å². The summed E-state index contributed by atoms with van der Waals surface area (Å²) in [6.45, 7) is 7.47. The number of amides is 2. The van der Waals surface area contributed by atoms with E-state index in [-0.39, 0.29) is 24.2 Å². The fourth-order valence-corrected chi connectivity index (χ4v) is 5.19. The second-order valence-electron chi connectivity index (χ2n) is 9.84. The maximum absolute atomic E-state index is 13.2. The summed E-state index contributed by atoms with van der Waals surface area (Å²) in [4.78, 5) is 33.9. The van der Waals surface area contributed by atoms with E-state index in [0.717, 1.165) is 42.1 Å². The van der Waals surface area contributed by atoms with Crippen molar-refractivity contribution in [3.8, 4) is 5.75 Å². The number of ether oxygens (including phenoxy) is 1. The highest BCUT2D eigenvalue weighted by molar-refractivity contribution is 6.00. The van der Waals surface area contributed by atoms with Gasteiger partial charge in [-0.3, -0.25) is 9.59 Å². The first-order chi connectivity index (χ1) is 17.0. The van der Waals surface area contributed by atoms with Crippen LogP contribution in [0.2, 0.25) is 0 Å². The predicted octanol–water partition coefficient (Wildman–Crippen LogP) is 2.42. The van der Waals surface area contributed by atoms with Crippen molar-refractivity contribution in [1.82, 2.24) is 15.1 Å². The summed E-state index contributed by atoms with van der Waals surface area (Å²) < 4.78 is 5.20. The Morgan fingerprint density at radius 3 is 2.06 bits per heavy atom. The van der Waals surface area contributed by atoms with E-state index < -0.39 is 0 Å². The van der Waals surface area contributed by atoms with Crippen molar-refractivity contribution in [2.45, 2.75) is 26.2 Å². The Morgan fingerprint density at radius 1 is 0.886 bits per heavy atom. The standard InChI is InChI=1S/C26H34N6O3/c1-19-9-11-29(12-10-19)23-7-8-24(28-27-23)30-13-15-31(16-14-30)26(34)20-17-25(33)32(18-20)21-3-5-22(35-2)6-4-21/h3-8,19-20H,9-18H2,1-2H3. The minimum absolute atomic E-state index is 0.00863. The van der Waals surface area contributed by atoms with Crippen molar-refractivity contribution in [2.75, 3.05) is 67.6 Å². The summed E-state index contributed by atoms with van der Waals surface area (Å²) in [5.41, 5.74) is 0.803. The topological polar surface area (TPSA) is 82.1 Å². The minimum atomic E-state index is -0.303. The Kier molecular flexibility index (Phi) is 6.74. The fourth-order valence-electron chi connectivity index (χ4n) is 5.19. The Morgan fingerprint density at radius 2 is 1.49 bits per heavy atom. The number of methoxy groups -OCH3 is 1. The molecule has 0 bridgehead atoms. The molecule has 3 saturated heterocycles. The maximum atomic E-state index is 13.2. The van der Waals surface area contributed by atoms with Crippen LogP contribution in [0, 0.1) is 11.8 Å². The summed E-state index contributed by atoms with van der Waals surface area (Å²) in [5, 5.41) is 8.96. The Bertz CT molecular complexity index is 1030. The summed E-state index contributed by atoms with van der Waals surface area (Å²) in [7, 11) is 1.61. The number of benzene rings is 1. The molecule has 3 aliphatic rings. The molecule has 4 heterocycles. The first kappa shape index (κ1) is 23.4. The van der Waals surface area contributed by atoms with Gasteiger partial charge in [-0.2, -0.15) is 0 Å². The molecule has 2 amide bonds. The summed E-state index contributed by atoms with van der Waals surface area (Å²) >= 11 is 0. The van der Waals surface area contributed by atoms with E-state index in [1.165, 1.54) is 12.8 Å².